The molecule has 0 bridgehead atoms. The molecule has 1 aliphatic rings. The largest absolute Gasteiger partial charge is 0.315 e. The molecule has 0 aromatic heterocycles. The summed E-state index contributed by atoms with van der Waals surface area (Å²) in [5, 5.41) is 3.32. The van der Waals surface area contributed by atoms with Crippen molar-refractivity contribution in [2.75, 3.05) is 12.8 Å². The Morgan fingerprint density at radius 2 is 2.00 bits per heavy atom. The minimum absolute atomic E-state index is 0.0784. The van der Waals surface area contributed by atoms with Gasteiger partial charge in [0.05, 0.1) is 5.25 Å². The monoisotopic (exact) mass is 247 g/mol. The predicted octanol–water partition coefficient (Wildman–Crippen LogP) is 1.98. The van der Waals surface area contributed by atoms with Crippen LogP contribution in [0.4, 0.5) is 0 Å². The van der Waals surface area contributed by atoms with Gasteiger partial charge in [0.25, 0.3) is 0 Å². The maximum atomic E-state index is 11.5. The van der Waals surface area contributed by atoms with Crippen molar-refractivity contribution in [1.29, 1.82) is 0 Å². The van der Waals surface area contributed by atoms with E-state index in [1.807, 2.05) is 0 Å². The van der Waals surface area contributed by atoms with Crippen molar-refractivity contribution < 1.29 is 8.42 Å². The molecule has 2 unspecified atom stereocenters. The van der Waals surface area contributed by atoms with Gasteiger partial charge in [-0.05, 0) is 31.7 Å². The van der Waals surface area contributed by atoms with E-state index >= 15 is 0 Å². The first-order valence-corrected chi connectivity index (χ1v) is 8.27. The molecule has 3 nitrogen and oxygen atoms in total. The molecule has 0 spiro atoms. The molecule has 0 aliphatic heterocycles. The lowest BCUT2D eigenvalue weighted by molar-refractivity contribution is 0.330. The molecule has 0 radical (unpaired) electrons. The summed E-state index contributed by atoms with van der Waals surface area (Å²) in [7, 11) is -2.82. The Balaban J connectivity index is 2.34. The minimum Gasteiger partial charge on any atom is -0.315 e. The van der Waals surface area contributed by atoms with Gasteiger partial charge in [-0.25, -0.2) is 8.42 Å². The quantitative estimate of drug-likeness (QED) is 0.808. The molecule has 1 fully saturated rings. The molecule has 16 heavy (non-hydrogen) atoms. The lowest BCUT2D eigenvalue weighted by Gasteiger charge is -2.28. The maximum absolute atomic E-state index is 11.5. The maximum Gasteiger partial charge on any atom is 0.150 e. The third-order valence-electron chi connectivity index (χ3n) is 3.45. The van der Waals surface area contributed by atoms with E-state index < -0.39 is 9.84 Å². The molecule has 0 heterocycles. The van der Waals surface area contributed by atoms with Crippen molar-refractivity contribution in [3.63, 3.8) is 0 Å². The third kappa shape index (κ3) is 4.83. The van der Waals surface area contributed by atoms with Crippen molar-refractivity contribution in [3.8, 4) is 0 Å². The van der Waals surface area contributed by atoms with Gasteiger partial charge in [0, 0.05) is 12.3 Å². The van der Waals surface area contributed by atoms with Crippen LogP contribution in [0, 0.1) is 5.92 Å². The second kappa shape index (κ2) is 6.01. The molecule has 0 saturated heterocycles. The second-order valence-corrected chi connectivity index (χ2v) is 7.71. The Morgan fingerprint density at radius 1 is 1.31 bits per heavy atom. The van der Waals surface area contributed by atoms with E-state index in [0.717, 1.165) is 32.2 Å². The van der Waals surface area contributed by atoms with Gasteiger partial charge in [-0.1, -0.05) is 26.7 Å². The number of sulfone groups is 1. The van der Waals surface area contributed by atoms with Crippen molar-refractivity contribution >= 4 is 9.84 Å². The summed E-state index contributed by atoms with van der Waals surface area (Å²) in [6.45, 7) is 5.29. The van der Waals surface area contributed by atoms with E-state index in [9.17, 15) is 8.42 Å². The fraction of sp³-hybridized carbons (Fsp3) is 1.00. The molecule has 0 amide bonds. The normalized spacial score (nSPS) is 27.2. The van der Waals surface area contributed by atoms with Gasteiger partial charge in [-0.2, -0.15) is 0 Å². The summed E-state index contributed by atoms with van der Waals surface area (Å²) in [5.41, 5.74) is 0. The van der Waals surface area contributed by atoms with Gasteiger partial charge >= 0.3 is 0 Å². The van der Waals surface area contributed by atoms with Gasteiger partial charge in [-0.15, -0.1) is 0 Å². The van der Waals surface area contributed by atoms with Gasteiger partial charge in [-0.3, -0.25) is 0 Å². The standard InChI is InChI=1S/C12H25NO2S/c1-10(2)13-8-7-11-5-4-6-12(9-11)16(3,14)15/h10-13H,4-9H2,1-3H3. The highest BCUT2D eigenvalue weighted by Gasteiger charge is 2.28. The average Bonchev–Trinajstić information content (AvgIpc) is 2.16. The molecule has 2 atom stereocenters. The average molecular weight is 247 g/mol. The smallest absolute Gasteiger partial charge is 0.150 e. The van der Waals surface area contributed by atoms with E-state index in [-0.39, 0.29) is 5.25 Å². The van der Waals surface area contributed by atoms with Crippen molar-refractivity contribution in [3.05, 3.63) is 0 Å². The van der Waals surface area contributed by atoms with Crippen LogP contribution in [0.3, 0.4) is 0 Å². The summed E-state index contributed by atoms with van der Waals surface area (Å²) in [5.74, 6) is 0.597. The molecular weight excluding hydrogens is 222 g/mol. The summed E-state index contributed by atoms with van der Waals surface area (Å²) in [4.78, 5) is 0. The highest BCUT2D eigenvalue weighted by atomic mass is 32.2. The lowest BCUT2D eigenvalue weighted by Crippen LogP contribution is -2.30. The summed E-state index contributed by atoms with van der Waals surface area (Å²) in [6.07, 6.45) is 6.51. The van der Waals surface area contributed by atoms with E-state index in [0.29, 0.717) is 12.0 Å². The number of nitrogens with one attached hydrogen (secondary N) is 1. The number of rotatable bonds is 5. The highest BCUT2D eigenvalue weighted by Crippen LogP contribution is 2.30. The molecule has 1 saturated carbocycles. The van der Waals surface area contributed by atoms with Crippen LogP contribution < -0.4 is 5.32 Å². The van der Waals surface area contributed by atoms with Gasteiger partial charge in [0.15, 0.2) is 0 Å². The first-order chi connectivity index (χ1) is 7.39. The Morgan fingerprint density at radius 3 is 2.56 bits per heavy atom. The van der Waals surface area contributed by atoms with E-state index in [1.165, 1.54) is 12.7 Å². The summed E-state index contributed by atoms with van der Waals surface area (Å²) in [6, 6.07) is 0.522. The van der Waals surface area contributed by atoms with Gasteiger partial charge in [0.1, 0.15) is 9.84 Å². The Kier molecular flexibility index (Phi) is 5.25. The third-order valence-corrected chi connectivity index (χ3v) is 5.08. The molecule has 4 heteroatoms. The van der Waals surface area contributed by atoms with Crippen LogP contribution in [0.15, 0.2) is 0 Å². The van der Waals surface area contributed by atoms with Crippen LogP contribution in [-0.2, 0) is 9.84 Å². The van der Waals surface area contributed by atoms with Crippen LogP contribution in [-0.4, -0.2) is 32.5 Å². The fourth-order valence-electron chi connectivity index (χ4n) is 2.47. The van der Waals surface area contributed by atoms with Crippen molar-refractivity contribution in [2.45, 2.75) is 57.2 Å². The van der Waals surface area contributed by atoms with Gasteiger partial charge < -0.3 is 5.32 Å². The predicted molar refractivity (Wildman–Crippen MR) is 68.3 cm³/mol. The molecular formula is C12H25NO2S. The Bertz CT molecular complexity index is 298. The number of hydrogen-bond acceptors (Lipinski definition) is 3. The van der Waals surface area contributed by atoms with Crippen molar-refractivity contribution in [1.82, 2.24) is 5.32 Å². The Labute approximate surface area is 99.9 Å². The van der Waals surface area contributed by atoms with Crippen LogP contribution in [0.25, 0.3) is 0 Å². The van der Waals surface area contributed by atoms with Crippen molar-refractivity contribution in [2.24, 2.45) is 5.92 Å². The summed E-state index contributed by atoms with van der Waals surface area (Å²) < 4.78 is 23.0. The first-order valence-electron chi connectivity index (χ1n) is 6.32. The second-order valence-electron chi connectivity index (χ2n) is 5.38. The van der Waals surface area contributed by atoms with Crippen LogP contribution in [0.1, 0.15) is 46.0 Å². The van der Waals surface area contributed by atoms with E-state index in [1.54, 1.807) is 0 Å². The number of hydrogen-bond donors (Lipinski definition) is 1. The van der Waals surface area contributed by atoms with Crippen LogP contribution >= 0.6 is 0 Å². The summed E-state index contributed by atoms with van der Waals surface area (Å²) >= 11 is 0. The molecule has 0 aromatic carbocycles. The topological polar surface area (TPSA) is 46.2 Å². The van der Waals surface area contributed by atoms with Crippen LogP contribution in [0.2, 0.25) is 0 Å². The van der Waals surface area contributed by atoms with Crippen LogP contribution in [0.5, 0.6) is 0 Å². The minimum atomic E-state index is -2.82. The SMILES string of the molecule is CC(C)NCCC1CCCC(S(C)(=O)=O)C1. The molecule has 1 aliphatic carbocycles. The zero-order valence-electron chi connectivity index (χ0n) is 10.7. The highest BCUT2D eigenvalue weighted by molar-refractivity contribution is 7.91. The van der Waals surface area contributed by atoms with E-state index in [4.69, 9.17) is 0 Å². The zero-order chi connectivity index (χ0) is 12.2. The molecule has 1 N–H and O–H groups in total. The lowest BCUT2D eigenvalue weighted by atomic mass is 9.86. The van der Waals surface area contributed by atoms with Gasteiger partial charge in [0.2, 0.25) is 0 Å². The first kappa shape index (κ1) is 14.0. The molecule has 1 rings (SSSR count). The zero-order valence-corrected chi connectivity index (χ0v) is 11.5. The van der Waals surface area contributed by atoms with E-state index in [2.05, 4.69) is 19.2 Å². The molecule has 96 valence electrons. The molecule has 0 aromatic rings. The fourth-order valence-corrected chi connectivity index (χ4v) is 3.69. The Hall–Kier alpha value is -0.0900.